The SMILES string of the molecule is CCC(C)S(=O)(=O)NCCc1ccc(-n2cccn2)cc1. The fraction of sp³-hybridized carbons (Fsp3) is 0.400. The number of hydrogen-bond donors (Lipinski definition) is 1. The molecule has 2 rings (SSSR count). The highest BCUT2D eigenvalue weighted by Crippen LogP contribution is 2.09. The van der Waals surface area contributed by atoms with Crippen LogP contribution in [0, 0.1) is 0 Å². The smallest absolute Gasteiger partial charge is 0.214 e. The third-order valence-corrected chi connectivity index (χ3v) is 5.53. The molecule has 0 aliphatic rings. The Kier molecular flexibility index (Phi) is 5.14. The maximum atomic E-state index is 11.8. The van der Waals surface area contributed by atoms with Gasteiger partial charge in [0.15, 0.2) is 0 Å². The van der Waals surface area contributed by atoms with E-state index in [0.29, 0.717) is 19.4 Å². The van der Waals surface area contributed by atoms with E-state index in [0.717, 1.165) is 11.3 Å². The van der Waals surface area contributed by atoms with E-state index in [-0.39, 0.29) is 5.25 Å². The molecule has 0 amide bonds. The van der Waals surface area contributed by atoms with Crippen LogP contribution in [0.5, 0.6) is 0 Å². The molecule has 1 unspecified atom stereocenters. The summed E-state index contributed by atoms with van der Waals surface area (Å²) in [7, 11) is -3.19. The number of benzene rings is 1. The van der Waals surface area contributed by atoms with Gasteiger partial charge >= 0.3 is 0 Å². The molecule has 114 valence electrons. The lowest BCUT2D eigenvalue weighted by Crippen LogP contribution is -2.33. The zero-order chi connectivity index (χ0) is 15.3. The van der Waals surface area contributed by atoms with E-state index in [2.05, 4.69) is 9.82 Å². The van der Waals surface area contributed by atoms with Crippen LogP contribution in [0.4, 0.5) is 0 Å². The van der Waals surface area contributed by atoms with Gasteiger partial charge in [-0.25, -0.2) is 17.8 Å². The monoisotopic (exact) mass is 307 g/mol. The van der Waals surface area contributed by atoms with Crippen molar-refractivity contribution in [2.75, 3.05) is 6.54 Å². The minimum absolute atomic E-state index is 0.348. The summed E-state index contributed by atoms with van der Waals surface area (Å²) in [5.41, 5.74) is 2.08. The molecule has 0 fully saturated rings. The van der Waals surface area contributed by atoms with Gasteiger partial charge in [0.05, 0.1) is 10.9 Å². The summed E-state index contributed by atoms with van der Waals surface area (Å²) < 4.78 is 28.1. The molecule has 21 heavy (non-hydrogen) atoms. The first kappa shape index (κ1) is 15.7. The second-order valence-electron chi connectivity index (χ2n) is 5.03. The van der Waals surface area contributed by atoms with Crippen molar-refractivity contribution in [2.45, 2.75) is 31.9 Å². The van der Waals surface area contributed by atoms with Crippen LogP contribution in [0.15, 0.2) is 42.7 Å². The Hall–Kier alpha value is -1.66. The van der Waals surface area contributed by atoms with Crippen LogP contribution in [-0.2, 0) is 16.4 Å². The van der Waals surface area contributed by atoms with Crippen molar-refractivity contribution < 1.29 is 8.42 Å². The first-order valence-corrected chi connectivity index (χ1v) is 8.65. The van der Waals surface area contributed by atoms with Crippen molar-refractivity contribution in [3.63, 3.8) is 0 Å². The van der Waals surface area contributed by atoms with Crippen LogP contribution < -0.4 is 4.72 Å². The van der Waals surface area contributed by atoms with E-state index in [1.165, 1.54) is 0 Å². The zero-order valence-electron chi connectivity index (χ0n) is 12.4. The number of rotatable bonds is 7. The van der Waals surface area contributed by atoms with E-state index in [9.17, 15) is 8.42 Å². The van der Waals surface area contributed by atoms with Crippen LogP contribution in [0.1, 0.15) is 25.8 Å². The van der Waals surface area contributed by atoms with Crippen molar-refractivity contribution in [1.29, 1.82) is 0 Å². The number of aromatic nitrogens is 2. The molecule has 1 heterocycles. The predicted molar refractivity (Wildman–Crippen MR) is 83.9 cm³/mol. The van der Waals surface area contributed by atoms with Gasteiger partial charge in [-0.3, -0.25) is 0 Å². The molecule has 6 heteroatoms. The van der Waals surface area contributed by atoms with Crippen molar-refractivity contribution in [2.24, 2.45) is 0 Å². The minimum atomic E-state index is -3.19. The average molecular weight is 307 g/mol. The van der Waals surface area contributed by atoms with Gasteiger partial charge in [-0.2, -0.15) is 5.10 Å². The molecule has 1 N–H and O–H groups in total. The molecule has 1 aromatic carbocycles. The summed E-state index contributed by atoms with van der Waals surface area (Å²) in [5.74, 6) is 0. The summed E-state index contributed by atoms with van der Waals surface area (Å²) in [6.07, 6.45) is 4.91. The summed E-state index contributed by atoms with van der Waals surface area (Å²) in [4.78, 5) is 0. The Morgan fingerprint density at radius 3 is 2.57 bits per heavy atom. The van der Waals surface area contributed by atoms with Gasteiger partial charge in [0.1, 0.15) is 0 Å². The van der Waals surface area contributed by atoms with Gasteiger partial charge in [0.25, 0.3) is 0 Å². The van der Waals surface area contributed by atoms with Gasteiger partial charge in [0, 0.05) is 18.9 Å². The fourth-order valence-corrected chi connectivity index (χ4v) is 3.05. The Morgan fingerprint density at radius 2 is 2.00 bits per heavy atom. The van der Waals surface area contributed by atoms with E-state index in [1.54, 1.807) is 17.8 Å². The highest BCUT2D eigenvalue weighted by Gasteiger charge is 2.17. The summed E-state index contributed by atoms with van der Waals surface area (Å²) >= 11 is 0. The predicted octanol–water partition coefficient (Wildman–Crippen LogP) is 2.13. The van der Waals surface area contributed by atoms with Crippen LogP contribution in [0.3, 0.4) is 0 Å². The molecule has 0 aliphatic carbocycles. The summed E-state index contributed by atoms with van der Waals surface area (Å²) in [6, 6.07) is 9.82. The standard InChI is InChI=1S/C15H21N3O2S/c1-3-13(2)21(19,20)17-11-9-14-5-7-15(8-6-14)18-12-4-10-16-18/h4-8,10,12-13,17H,3,9,11H2,1-2H3. The molecule has 0 spiro atoms. The number of sulfonamides is 1. The van der Waals surface area contributed by atoms with E-state index >= 15 is 0 Å². The molecular weight excluding hydrogens is 286 g/mol. The van der Waals surface area contributed by atoms with E-state index in [1.807, 2.05) is 43.5 Å². The quantitative estimate of drug-likeness (QED) is 0.852. The fourth-order valence-electron chi connectivity index (χ4n) is 1.94. The van der Waals surface area contributed by atoms with E-state index < -0.39 is 10.0 Å². The van der Waals surface area contributed by atoms with Crippen LogP contribution in [0.25, 0.3) is 5.69 Å². The molecule has 0 radical (unpaired) electrons. The topological polar surface area (TPSA) is 64.0 Å². The number of nitrogens with one attached hydrogen (secondary N) is 1. The first-order chi connectivity index (χ1) is 10.0. The second-order valence-corrected chi connectivity index (χ2v) is 7.21. The number of nitrogens with zero attached hydrogens (tertiary/aromatic N) is 2. The summed E-state index contributed by atoms with van der Waals surface area (Å²) in [5, 5.41) is 3.82. The van der Waals surface area contributed by atoms with Crippen molar-refractivity contribution in [1.82, 2.24) is 14.5 Å². The summed E-state index contributed by atoms with van der Waals surface area (Å²) in [6.45, 7) is 4.02. The third-order valence-electron chi connectivity index (χ3n) is 3.53. The van der Waals surface area contributed by atoms with Crippen molar-refractivity contribution in [3.8, 4) is 5.69 Å². The normalized spacial score (nSPS) is 13.2. The Balaban J connectivity index is 1.90. The van der Waals surface area contributed by atoms with Gasteiger partial charge in [-0.1, -0.05) is 19.1 Å². The van der Waals surface area contributed by atoms with Crippen molar-refractivity contribution in [3.05, 3.63) is 48.3 Å². The average Bonchev–Trinajstić information content (AvgIpc) is 3.01. The molecule has 0 saturated heterocycles. The van der Waals surface area contributed by atoms with Gasteiger partial charge in [0.2, 0.25) is 10.0 Å². The van der Waals surface area contributed by atoms with Crippen molar-refractivity contribution >= 4 is 10.0 Å². The minimum Gasteiger partial charge on any atom is -0.241 e. The lowest BCUT2D eigenvalue weighted by molar-refractivity contribution is 0.566. The highest BCUT2D eigenvalue weighted by atomic mass is 32.2. The third kappa shape index (κ3) is 4.15. The second kappa shape index (κ2) is 6.87. The van der Waals surface area contributed by atoms with Gasteiger partial charge in [-0.05, 0) is 43.5 Å². The Morgan fingerprint density at radius 1 is 1.29 bits per heavy atom. The molecule has 5 nitrogen and oxygen atoms in total. The Bertz CT molecular complexity index is 649. The van der Waals surface area contributed by atoms with Gasteiger partial charge in [-0.15, -0.1) is 0 Å². The highest BCUT2D eigenvalue weighted by molar-refractivity contribution is 7.90. The van der Waals surface area contributed by atoms with Gasteiger partial charge < -0.3 is 0 Å². The van der Waals surface area contributed by atoms with E-state index in [4.69, 9.17) is 0 Å². The molecule has 1 atom stereocenters. The molecule has 0 bridgehead atoms. The Labute approximate surface area is 126 Å². The largest absolute Gasteiger partial charge is 0.241 e. The maximum Gasteiger partial charge on any atom is 0.214 e. The molecular formula is C15H21N3O2S. The van der Waals surface area contributed by atoms with Crippen LogP contribution in [-0.4, -0.2) is 30.0 Å². The molecule has 0 saturated carbocycles. The lowest BCUT2D eigenvalue weighted by atomic mass is 10.1. The van der Waals surface area contributed by atoms with Crippen LogP contribution >= 0.6 is 0 Å². The molecule has 2 aromatic rings. The first-order valence-electron chi connectivity index (χ1n) is 7.10. The zero-order valence-corrected chi connectivity index (χ0v) is 13.2. The molecule has 0 aliphatic heterocycles. The lowest BCUT2D eigenvalue weighted by Gasteiger charge is -2.12. The maximum absolute atomic E-state index is 11.8. The molecule has 1 aromatic heterocycles. The van der Waals surface area contributed by atoms with Crippen LogP contribution in [0.2, 0.25) is 0 Å². The number of hydrogen-bond acceptors (Lipinski definition) is 3.